The van der Waals surface area contributed by atoms with E-state index >= 15 is 0 Å². The molecule has 102 valence electrons. The average Bonchev–Trinajstić information content (AvgIpc) is 2.99. The highest BCUT2D eigenvalue weighted by Crippen LogP contribution is 2.25. The van der Waals surface area contributed by atoms with E-state index in [1.807, 2.05) is 6.92 Å². The van der Waals surface area contributed by atoms with Crippen LogP contribution in [0.25, 0.3) is 0 Å². The van der Waals surface area contributed by atoms with Crippen LogP contribution in [0.15, 0.2) is 35.0 Å². The highest BCUT2D eigenvalue weighted by atomic mass is 32.1. The van der Waals surface area contributed by atoms with Gasteiger partial charge in [0.2, 0.25) is 5.91 Å². The number of carbonyl (C=O) groups is 1. The summed E-state index contributed by atoms with van der Waals surface area (Å²) in [6, 6.07) is 8.73. The van der Waals surface area contributed by atoms with Crippen molar-refractivity contribution in [1.29, 1.82) is 0 Å². The molecule has 2 atom stereocenters. The minimum atomic E-state index is -0.263. The Morgan fingerprint density at radius 1 is 1.32 bits per heavy atom. The lowest BCUT2D eigenvalue weighted by Crippen LogP contribution is -2.34. The van der Waals surface area contributed by atoms with Crippen LogP contribution in [0.2, 0.25) is 0 Å². The molecule has 0 saturated carbocycles. The van der Waals surface area contributed by atoms with Gasteiger partial charge in [0, 0.05) is 34.7 Å². The Bertz CT molecular complexity index is 494. The lowest BCUT2D eigenvalue weighted by molar-refractivity contribution is -0.118. The van der Waals surface area contributed by atoms with Crippen LogP contribution < -0.4 is 11.1 Å². The van der Waals surface area contributed by atoms with Crippen molar-refractivity contribution in [3.8, 4) is 0 Å². The summed E-state index contributed by atoms with van der Waals surface area (Å²) >= 11 is 3.50. The minimum absolute atomic E-state index is 0.0876. The lowest BCUT2D eigenvalue weighted by atomic mass is 10.1. The Morgan fingerprint density at radius 3 is 2.63 bits per heavy atom. The summed E-state index contributed by atoms with van der Waals surface area (Å²) < 4.78 is 0. The van der Waals surface area contributed by atoms with Crippen molar-refractivity contribution in [3.63, 3.8) is 0 Å². The van der Waals surface area contributed by atoms with Crippen molar-refractivity contribution in [2.75, 3.05) is 0 Å². The van der Waals surface area contributed by atoms with Crippen LogP contribution in [-0.2, 0) is 11.2 Å². The molecule has 0 spiro atoms. The molecule has 3 N–H and O–H groups in total. The number of carbonyl (C=O) groups excluding carboxylic acids is 1. The molecule has 0 radical (unpaired) electrons. The van der Waals surface area contributed by atoms with Crippen molar-refractivity contribution in [1.82, 2.24) is 5.32 Å². The summed E-state index contributed by atoms with van der Waals surface area (Å²) in [4.78, 5) is 13.6. The van der Waals surface area contributed by atoms with Crippen LogP contribution in [0.4, 0.5) is 0 Å². The first-order valence-electron chi connectivity index (χ1n) is 6.25. The van der Waals surface area contributed by atoms with Crippen molar-refractivity contribution in [2.45, 2.75) is 31.8 Å². The van der Waals surface area contributed by atoms with Crippen molar-refractivity contribution in [3.05, 3.63) is 44.8 Å². The van der Waals surface area contributed by atoms with Gasteiger partial charge in [-0.15, -0.1) is 22.7 Å². The normalized spacial score (nSPS) is 14.2. The monoisotopic (exact) mass is 294 g/mol. The van der Waals surface area contributed by atoms with E-state index in [1.165, 1.54) is 9.75 Å². The molecule has 0 fully saturated rings. The van der Waals surface area contributed by atoms with E-state index in [0.717, 1.165) is 6.42 Å². The molecule has 2 aromatic heterocycles. The lowest BCUT2D eigenvalue weighted by Gasteiger charge is -2.21. The second-order valence-electron chi connectivity index (χ2n) is 4.59. The largest absolute Gasteiger partial charge is 0.370 e. The van der Waals surface area contributed by atoms with Crippen LogP contribution in [0, 0.1) is 0 Å². The Morgan fingerprint density at radius 2 is 2.05 bits per heavy atom. The molecule has 0 saturated heterocycles. The van der Waals surface area contributed by atoms with Crippen LogP contribution in [-0.4, -0.2) is 11.9 Å². The van der Waals surface area contributed by atoms with Crippen LogP contribution in [0.5, 0.6) is 0 Å². The van der Waals surface area contributed by atoms with E-state index in [-0.39, 0.29) is 18.0 Å². The highest BCUT2D eigenvalue weighted by molar-refractivity contribution is 7.10. The minimum Gasteiger partial charge on any atom is -0.370 e. The fraction of sp³-hybridized carbons (Fsp3) is 0.357. The summed E-state index contributed by atoms with van der Waals surface area (Å²) in [5, 5.41) is 7.68. The molecule has 19 heavy (non-hydrogen) atoms. The molecular weight excluding hydrogens is 276 g/mol. The van der Waals surface area contributed by atoms with Gasteiger partial charge in [0.15, 0.2) is 0 Å². The fourth-order valence-electron chi connectivity index (χ4n) is 2.07. The highest BCUT2D eigenvalue weighted by Gasteiger charge is 2.17. The summed E-state index contributed by atoms with van der Waals surface area (Å²) in [5.74, 6) is -0.263. The molecule has 5 heteroatoms. The van der Waals surface area contributed by atoms with Gasteiger partial charge in [-0.25, -0.2) is 0 Å². The van der Waals surface area contributed by atoms with Gasteiger partial charge in [-0.05, 0) is 29.8 Å². The Balaban J connectivity index is 2.04. The number of amides is 1. The topological polar surface area (TPSA) is 55.1 Å². The zero-order valence-electron chi connectivity index (χ0n) is 10.8. The second kappa shape index (κ2) is 6.84. The number of thiophene rings is 2. The fourth-order valence-corrected chi connectivity index (χ4v) is 3.60. The van der Waals surface area contributed by atoms with E-state index in [4.69, 9.17) is 5.73 Å². The van der Waals surface area contributed by atoms with Gasteiger partial charge in [-0.1, -0.05) is 12.1 Å². The first-order chi connectivity index (χ1) is 9.15. The SMILES string of the molecule is CC(CC(N)=O)NC(Cc1cccs1)c1cccs1. The van der Waals surface area contributed by atoms with Crippen LogP contribution in [0.1, 0.15) is 29.1 Å². The molecule has 3 nitrogen and oxygen atoms in total. The summed E-state index contributed by atoms with van der Waals surface area (Å²) in [6.07, 6.45) is 1.31. The molecule has 0 aliphatic heterocycles. The van der Waals surface area contributed by atoms with Gasteiger partial charge < -0.3 is 11.1 Å². The molecular formula is C14H18N2OS2. The molecule has 1 amide bonds. The van der Waals surface area contributed by atoms with Crippen molar-refractivity contribution in [2.24, 2.45) is 5.73 Å². The van der Waals surface area contributed by atoms with E-state index in [0.29, 0.717) is 6.42 Å². The second-order valence-corrected chi connectivity index (χ2v) is 6.60. The molecule has 2 heterocycles. The van der Waals surface area contributed by atoms with E-state index in [9.17, 15) is 4.79 Å². The Kier molecular flexibility index (Phi) is 5.13. The number of nitrogens with one attached hydrogen (secondary N) is 1. The predicted octanol–water partition coefficient (Wildman–Crippen LogP) is 2.95. The third kappa shape index (κ3) is 4.45. The molecule has 0 aliphatic carbocycles. The third-order valence-electron chi connectivity index (χ3n) is 2.87. The first-order valence-corrected chi connectivity index (χ1v) is 8.01. The zero-order valence-corrected chi connectivity index (χ0v) is 12.5. The van der Waals surface area contributed by atoms with Gasteiger partial charge in [0.25, 0.3) is 0 Å². The summed E-state index contributed by atoms with van der Waals surface area (Å²) in [6.45, 7) is 2.00. The van der Waals surface area contributed by atoms with Gasteiger partial charge >= 0.3 is 0 Å². The first kappa shape index (κ1) is 14.2. The average molecular weight is 294 g/mol. The maximum absolute atomic E-state index is 11.0. The summed E-state index contributed by atoms with van der Waals surface area (Å²) in [5.41, 5.74) is 5.25. The molecule has 0 aromatic carbocycles. The number of hydrogen-bond donors (Lipinski definition) is 2. The molecule has 2 rings (SSSR count). The third-order valence-corrected chi connectivity index (χ3v) is 4.75. The van der Waals surface area contributed by atoms with E-state index in [2.05, 4.69) is 40.3 Å². The zero-order chi connectivity index (χ0) is 13.7. The number of rotatable bonds is 7. The van der Waals surface area contributed by atoms with E-state index < -0.39 is 0 Å². The Hall–Kier alpha value is -1.17. The molecule has 0 aliphatic rings. The standard InChI is InChI=1S/C14H18N2OS2/c1-10(8-14(15)17)16-12(13-5-3-7-19-13)9-11-4-2-6-18-11/h2-7,10,12,16H,8-9H2,1H3,(H2,15,17). The van der Waals surface area contributed by atoms with E-state index in [1.54, 1.807) is 22.7 Å². The molecule has 0 bridgehead atoms. The quantitative estimate of drug-likeness (QED) is 0.825. The van der Waals surface area contributed by atoms with Gasteiger partial charge in [-0.2, -0.15) is 0 Å². The number of hydrogen-bond acceptors (Lipinski definition) is 4. The summed E-state index contributed by atoms with van der Waals surface area (Å²) in [7, 11) is 0. The molecule has 2 unspecified atom stereocenters. The van der Waals surface area contributed by atoms with Crippen LogP contribution in [0.3, 0.4) is 0 Å². The smallest absolute Gasteiger partial charge is 0.218 e. The van der Waals surface area contributed by atoms with Gasteiger partial charge in [0.1, 0.15) is 0 Å². The van der Waals surface area contributed by atoms with Crippen molar-refractivity contribution >= 4 is 28.6 Å². The number of nitrogens with two attached hydrogens (primary N) is 1. The van der Waals surface area contributed by atoms with Crippen LogP contribution >= 0.6 is 22.7 Å². The maximum Gasteiger partial charge on any atom is 0.218 e. The Labute approximate surface area is 121 Å². The van der Waals surface area contributed by atoms with Gasteiger partial charge in [-0.3, -0.25) is 4.79 Å². The number of primary amides is 1. The van der Waals surface area contributed by atoms with Gasteiger partial charge in [0.05, 0.1) is 0 Å². The van der Waals surface area contributed by atoms with Crippen molar-refractivity contribution < 1.29 is 4.79 Å². The maximum atomic E-state index is 11.0. The molecule has 2 aromatic rings. The predicted molar refractivity (Wildman–Crippen MR) is 81.5 cm³/mol.